The number of rotatable bonds is 6. The van der Waals surface area contributed by atoms with Gasteiger partial charge in [0.2, 0.25) is 0 Å². The molecular weight excluding hydrogens is 200 g/mol. The van der Waals surface area contributed by atoms with E-state index < -0.39 is 0 Å². The van der Waals surface area contributed by atoms with Gasteiger partial charge in [0.05, 0.1) is 0 Å². The van der Waals surface area contributed by atoms with Crippen molar-refractivity contribution in [2.75, 3.05) is 18.9 Å². The molecule has 0 aliphatic rings. The van der Waals surface area contributed by atoms with Crippen molar-refractivity contribution in [2.45, 2.75) is 20.4 Å². The molecule has 0 fully saturated rings. The minimum Gasteiger partial charge on any atom is -0.489 e. The maximum absolute atomic E-state index is 5.75. The first-order valence-corrected chi connectivity index (χ1v) is 5.49. The molecule has 3 N–H and O–H groups in total. The van der Waals surface area contributed by atoms with Gasteiger partial charge < -0.3 is 15.8 Å². The molecule has 0 atom stereocenters. The average Bonchev–Trinajstić information content (AvgIpc) is 2.24. The number of benzene rings is 1. The van der Waals surface area contributed by atoms with E-state index in [4.69, 9.17) is 10.5 Å². The van der Waals surface area contributed by atoms with E-state index >= 15 is 0 Å². The zero-order valence-corrected chi connectivity index (χ0v) is 10.0. The number of ether oxygens (including phenoxy) is 1. The highest BCUT2D eigenvalue weighted by Gasteiger charge is 2.03. The molecule has 3 heteroatoms. The van der Waals surface area contributed by atoms with Crippen LogP contribution in [-0.2, 0) is 6.54 Å². The standard InChI is InChI=1S/C13H20N2O/c1-4-15-8-11-7-12(14)5-6-13(11)16-9-10(2)3/h5-7,15H,2,4,8-9,14H2,1,3H3. The van der Waals surface area contributed by atoms with Gasteiger partial charge in [-0.1, -0.05) is 13.5 Å². The second-order valence-electron chi connectivity index (χ2n) is 3.89. The van der Waals surface area contributed by atoms with Crippen molar-refractivity contribution < 1.29 is 4.74 Å². The number of hydrogen-bond donors (Lipinski definition) is 2. The average molecular weight is 220 g/mol. The second kappa shape index (κ2) is 6.18. The van der Waals surface area contributed by atoms with Crippen LogP contribution in [0.4, 0.5) is 5.69 Å². The van der Waals surface area contributed by atoms with Crippen molar-refractivity contribution in [3.8, 4) is 5.75 Å². The van der Waals surface area contributed by atoms with Crippen molar-refractivity contribution in [1.82, 2.24) is 5.32 Å². The van der Waals surface area contributed by atoms with Crippen LogP contribution in [0.2, 0.25) is 0 Å². The Labute approximate surface area is 97.3 Å². The van der Waals surface area contributed by atoms with Crippen LogP contribution in [0.5, 0.6) is 5.75 Å². The highest BCUT2D eigenvalue weighted by molar-refractivity contribution is 5.47. The van der Waals surface area contributed by atoms with E-state index in [1.807, 2.05) is 25.1 Å². The first kappa shape index (κ1) is 12.6. The monoisotopic (exact) mass is 220 g/mol. The van der Waals surface area contributed by atoms with Crippen LogP contribution in [0, 0.1) is 0 Å². The Morgan fingerprint density at radius 3 is 2.88 bits per heavy atom. The summed E-state index contributed by atoms with van der Waals surface area (Å²) in [5, 5.41) is 3.26. The Balaban J connectivity index is 2.76. The molecule has 0 bridgehead atoms. The summed E-state index contributed by atoms with van der Waals surface area (Å²) in [4.78, 5) is 0. The predicted molar refractivity (Wildman–Crippen MR) is 68.5 cm³/mol. The molecule has 0 unspecified atom stereocenters. The molecule has 1 aromatic carbocycles. The molecule has 0 aliphatic heterocycles. The van der Waals surface area contributed by atoms with Crippen LogP contribution in [-0.4, -0.2) is 13.2 Å². The summed E-state index contributed by atoms with van der Waals surface area (Å²) >= 11 is 0. The SMILES string of the molecule is C=C(C)COc1ccc(N)cc1CNCC. The lowest BCUT2D eigenvalue weighted by Gasteiger charge is -2.12. The smallest absolute Gasteiger partial charge is 0.124 e. The second-order valence-corrected chi connectivity index (χ2v) is 3.89. The van der Waals surface area contributed by atoms with Crippen molar-refractivity contribution in [3.05, 3.63) is 35.9 Å². The Morgan fingerprint density at radius 2 is 2.25 bits per heavy atom. The van der Waals surface area contributed by atoms with E-state index in [9.17, 15) is 0 Å². The quantitative estimate of drug-likeness (QED) is 0.571. The highest BCUT2D eigenvalue weighted by Crippen LogP contribution is 2.21. The molecule has 88 valence electrons. The van der Waals surface area contributed by atoms with Gasteiger partial charge in [0.25, 0.3) is 0 Å². The summed E-state index contributed by atoms with van der Waals surface area (Å²) < 4.78 is 5.66. The number of nitrogens with one attached hydrogen (secondary N) is 1. The summed E-state index contributed by atoms with van der Waals surface area (Å²) in [6, 6.07) is 5.70. The molecule has 0 saturated heterocycles. The Morgan fingerprint density at radius 1 is 1.50 bits per heavy atom. The van der Waals surface area contributed by atoms with Crippen LogP contribution in [0.1, 0.15) is 19.4 Å². The fourth-order valence-corrected chi connectivity index (χ4v) is 1.34. The highest BCUT2D eigenvalue weighted by atomic mass is 16.5. The van der Waals surface area contributed by atoms with Crippen molar-refractivity contribution >= 4 is 5.69 Å². The minimum absolute atomic E-state index is 0.545. The zero-order valence-electron chi connectivity index (χ0n) is 10.0. The molecule has 16 heavy (non-hydrogen) atoms. The van der Waals surface area contributed by atoms with Crippen LogP contribution in [0.3, 0.4) is 0 Å². The third kappa shape index (κ3) is 3.95. The Hall–Kier alpha value is -1.48. The van der Waals surface area contributed by atoms with Crippen molar-refractivity contribution in [2.24, 2.45) is 0 Å². The van der Waals surface area contributed by atoms with Crippen molar-refractivity contribution in [1.29, 1.82) is 0 Å². The summed E-state index contributed by atoms with van der Waals surface area (Å²) in [5.74, 6) is 0.873. The largest absolute Gasteiger partial charge is 0.489 e. The molecule has 0 spiro atoms. The van der Waals surface area contributed by atoms with Gasteiger partial charge in [-0.15, -0.1) is 0 Å². The van der Waals surface area contributed by atoms with E-state index in [1.165, 1.54) is 0 Å². The number of nitrogen functional groups attached to an aromatic ring is 1. The molecular formula is C13H20N2O. The lowest BCUT2D eigenvalue weighted by atomic mass is 10.1. The van der Waals surface area contributed by atoms with E-state index in [1.54, 1.807) is 0 Å². The maximum atomic E-state index is 5.75. The van der Waals surface area contributed by atoms with Gasteiger partial charge in [0.1, 0.15) is 12.4 Å². The molecule has 0 aromatic heterocycles. The molecule has 0 aliphatic carbocycles. The van der Waals surface area contributed by atoms with Gasteiger partial charge in [-0.2, -0.15) is 0 Å². The third-order valence-corrected chi connectivity index (χ3v) is 2.12. The van der Waals surface area contributed by atoms with E-state index in [2.05, 4.69) is 18.8 Å². The van der Waals surface area contributed by atoms with Crippen molar-refractivity contribution in [3.63, 3.8) is 0 Å². The lowest BCUT2D eigenvalue weighted by Crippen LogP contribution is -2.13. The first-order valence-electron chi connectivity index (χ1n) is 5.49. The normalized spacial score (nSPS) is 10.1. The fraction of sp³-hybridized carbons (Fsp3) is 0.385. The topological polar surface area (TPSA) is 47.3 Å². The van der Waals surface area contributed by atoms with E-state index in [0.717, 1.165) is 35.7 Å². The van der Waals surface area contributed by atoms with Crippen LogP contribution >= 0.6 is 0 Å². The van der Waals surface area contributed by atoms with Crippen LogP contribution in [0.15, 0.2) is 30.4 Å². The van der Waals surface area contributed by atoms with Gasteiger partial charge in [-0.25, -0.2) is 0 Å². The number of anilines is 1. The maximum Gasteiger partial charge on any atom is 0.124 e. The van der Waals surface area contributed by atoms with Gasteiger partial charge in [-0.05, 0) is 37.2 Å². The summed E-state index contributed by atoms with van der Waals surface area (Å²) in [6.07, 6.45) is 0. The van der Waals surface area contributed by atoms with Crippen LogP contribution in [0.25, 0.3) is 0 Å². The molecule has 0 saturated carbocycles. The summed E-state index contributed by atoms with van der Waals surface area (Å²) in [5.41, 5.74) is 8.61. The Bertz CT molecular complexity index is 361. The number of hydrogen-bond acceptors (Lipinski definition) is 3. The van der Waals surface area contributed by atoms with Gasteiger partial charge in [-0.3, -0.25) is 0 Å². The first-order chi connectivity index (χ1) is 7.63. The molecule has 0 amide bonds. The van der Waals surface area contributed by atoms with E-state index in [-0.39, 0.29) is 0 Å². The molecule has 3 nitrogen and oxygen atoms in total. The summed E-state index contributed by atoms with van der Waals surface area (Å²) in [7, 11) is 0. The molecule has 1 aromatic rings. The van der Waals surface area contributed by atoms with Gasteiger partial charge in [0, 0.05) is 17.8 Å². The van der Waals surface area contributed by atoms with Gasteiger partial charge in [0.15, 0.2) is 0 Å². The summed E-state index contributed by atoms with van der Waals surface area (Å²) in [6.45, 7) is 10.1. The van der Waals surface area contributed by atoms with Crippen LogP contribution < -0.4 is 15.8 Å². The van der Waals surface area contributed by atoms with E-state index in [0.29, 0.717) is 6.61 Å². The predicted octanol–water partition coefficient (Wildman–Crippen LogP) is 2.33. The lowest BCUT2D eigenvalue weighted by molar-refractivity contribution is 0.348. The molecule has 0 heterocycles. The minimum atomic E-state index is 0.545. The third-order valence-electron chi connectivity index (χ3n) is 2.12. The van der Waals surface area contributed by atoms with Gasteiger partial charge >= 0.3 is 0 Å². The Kier molecular flexibility index (Phi) is 4.86. The zero-order chi connectivity index (χ0) is 12.0. The fourth-order valence-electron chi connectivity index (χ4n) is 1.34. The molecule has 0 radical (unpaired) electrons. The molecule has 1 rings (SSSR count). The number of nitrogens with two attached hydrogens (primary N) is 1.